The summed E-state index contributed by atoms with van der Waals surface area (Å²) in [6, 6.07) is 14.5. The molecule has 8 heteroatoms. The van der Waals surface area contributed by atoms with Gasteiger partial charge >= 0.3 is 0 Å². The number of halogens is 1. The number of ether oxygens (including phenoxy) is 2. The van der Waals surface area contributed by atoms with Crippen molar-refractivity contribution in [3.63, 3.8) is 0 Å². The van der Waals surface area contributed by atoms with Gasteiger partial charge in [0.2, 0.25) is 5.91 Å². The van der Waals surface area contributed by atoms with Crippen LogP contribution in [-0.2, 0) is 22.5 Å². The van der Waals surface area contributed by atoms with Crippen LogP contribution in [0.1, 0.15) is 17.5 Å². The Morgan fingerprint density at radius 1 is 1.08 bits per heavy atom. The van der Waals surface area contributed by atoms with Crippen molar-refractivity contribution in [2.75, 3.05) is 71.0 Å². The van der Waals surface area contributed by atoms with Crippen molar-refractivity contribution in [1.82, 2.24) is 15.1 Å². The first-order valence-electron chi connectivity index (χ1n) is 13.1. The van der Waals surface area contributed by atoms with E-state index in [-0.39, 0.29) is 17.9 Å². The third-order valence-corrected chi connectivity index (χ3v) is 7.97. The molecule has 2 aromatic rings. The lowest BCUT2D eigenvalue weighted by atomic mass is 9.83. The number of hydrogen-bond acceptors (Lipinski definition) is 6. The topological polar surface area (TPSA) is 57.3 Å². The molecule has 1 N–H and O–H groups in total. The number of benzene rings is 2. The molecule has 5 rings (SSSR count). The van der Waals surface area contributed by atoms with E-state index >= 15 is 0 Å². The highest BCUT2D eigenvalue weighted by molar-refractivity contribution is 6.30. The summed E-state index contributed by atoms with van der Waals surface area (Å²) in [5, 5.41) is 4.02. The van der Waals surface area contributed by atoms with E-state index in [9.17, 15) is 4.79 Å². The van der Waals surface area contributed by atoms with Crippen LogP contribution in [0.25, 0.3) is 0 Å². The zero-order valence-electron chi connectivity index (χ0n) is 21.1. The number of fused-ring (bicyclic) bond motifs is 3. The fraction of sp³-hybridized carbons (Fsp3) is 0.536. The van der Waals surface area contributed by atoms with Crippen molar-refractivity contribution >= 4 is 23.2 Å². The third kappa shape index (κ3) is 5.97. The molecule has 7 nitrogen and oxygen atoms in total. The van der Waals surface area contributed by atoms with Gasteiger partial charge in [0.25, 0.3) is 0 Å². The Morgan fingerprint density at radius 2 is 1.89 bits per heavy atom. The molecule has 3 aliphatic heterocycles. The van der Waals surface area contributed by atoms with Crippen molar-refractivity contribution < 1.29 is 14.3 Å². The van der Waals surface area contributed by atoms with Crippen LogP contribution in [0.3, 0.4) is 0 Å². The van der Waals surface area contributed by atoms with E-state index < -0.39 is 0 Å². The molecule has 3 heterocycles. The number of piperazine rings is 1. The van der Waals surface area contributed by atoms with Crippen LogP contribution in [0, 0.1) is 5.92 Å². The number of anilines is 1. The second-order valence-corrected chi connectivity index (χ2v) is 10.5. The minimum Gasteiger partial charge on any atom is -0.497 e. The molecule has 0 saturated carbocycles. The summed E-state index contributed by atoms with van der Waals surface area (Å²) in [5.41, 5.74) is 3.68. The highest BCUT2D eigenvalue weighted by Crippen LogP contribution is 2.38. The predicted octanol–water partition coefficient (Wildman–Crippen LogP) is 3.05. The lowest BCUT2D eigenvalue weighted by molar-refractivity contribution is -0.126. The van der Waals surface area contributed by atoms with Crippen LogP contribution in [0.2, 0.25) is 5.02 Å². The van der Waals surface area contributed by atoms with Gasteiger partial charge in [0, 0.05) is 62.6 Å². The second kappa shape index (κ2) is 11.8. The molecule has 194 valence electrons. The average molecular weight is 513 g/mol. The normalized spacial score (nSPS) is 22.6. The number of nitrogens with one attached hydrogen (secondary N) is 1. The fourth-order valence-electron chi connectivity index (χ4n) is 5.73. The molecule has 1 amide bonds. The molecule has 2 fully saturated rings. The number of carbonyl (C=O) groups is 1. The zero-order valence-corrected chi connectivity index (χ0v) is 21.9. The standard InChI is InChI=1S/C28H37ClN4O3/c1-35-24-8-5-22-17-25(28(34)30-9-2-10-31-13-15-36-16-14-31)27-20-32(11-12-33(27)26(22)18-24)19-21-3-6-23(29)7-4-21/h3-8,18,25,27H,2,9-17,19-20H2,1H3,(H,30,34). The first-order chi connectivity index (χ1) is 17.6. The monoisotopic (exact) mass is 512 g/mol. The van der Waals surface area contributed by atoms with Gasteiger partial charge in [-0.15, -0.1) is 0 Å². The van der Waals surface area contributed by atoms with E-state index in [1.165, 1.54) is 16.8 Å². The van der Waals surface area contributed by atoms with Crippen LogP contribution in [0.4, 0.5) is 5.69 Å². The summed E-state index contributed by atoms with van der Waals surface area (Å²) < 4.78 is 11.0. The maximum atomic E-state index is 13.5. The summed E-state index contributed by atoms with van der Waals surface area (Å²) in [5.74, 6) is 0.950. The number of hydrogen-bond donors (Lipinski definition) is 1. The van der Waals surface area contributed by atoms with Crippen LogP contribution in [0.15, 0.2) is 42.5 Å². The first-order valence-corrected chi connectivity index (χ1v) is 13.5. The van der Waals surface area contributed by atoms with Crippen molar-refractivity contribution in [2.24, 2.45) is 5.92 Å². The summed E-state index contributed by atoms with van der Waals surface area (Å²) in [7, 11) is 1.71. The number of amides is 1. The minimum absolute atomic E-state index is 0.0812. The SMILES string of the molecule is COc1ccc2c(c1)N1CCN(Cc3ccc(Cl)cc3)CC1C(C(=O)NCCCN1CCOCC1)C2. The molecule has 2 atom stereocenters. The maximum absolute atomic E-state index is 13.5. The van der Waals surface area contributed by atoms with E-state index in [4.69, 9.17) is 21.1 Å². The molecule has 2 aromatic carbocycles. The highest BCUT2D eigenvalue weighted by atomic mass is 35.5. The largest absolute Gasteiger partial charge is 0.497 e. The molecule has 0 aromatic heterocycles. The molecular weight excluding hydrogens is 476 g/mol. The second-order valence-electron chi connectivity index (χ2n) is 10.0. The van der Waals surface area contributed by atoms with Gasteiger partial charge < -0.3 is 19.7 Å². The van der Waals surface area contributed by atoms with E-state index in [1.54, 1.807) is 7.11 Å². The van der Waals surface area contributed by atoms with E-state index in [2.05, 4.69) is 44.3 Å². The van der Waals surface area contributed by atoms with Crippen LogP contribution >= 0.6 is 11.6 Å². The molecule has 36 heavy (non-hydrogen) atoms. The van der Waals surface area contributed by atoms with Crippen molar-refractivity contribution in [3.8, 4) is 5.75 Å². The van der Waals surface area contributed by atoms with Crippen molar-refractivity contribution in [1.29, 1.82) is 0 Å². The van der Waals surface area contributed by atoms with Crippen LogP contribution < -0.4 is 15.0 Å². The molecule has 0 radical (unpaired) electrons. The number of carbonyl (C=O) groups excluding carboxylic acids is 1. The zero-order chi connectivity index (χ0) is 24.9. The van der Waals surface area contributed by atoms with Gasteiger partial charge in [0.1, 0.15) is 5.75 Å². The number of nitrogens with zero attached hydrogens (tertiary/aromatic N) is 3. The summed E-state index contributed by atoms with van der Waals surface area (Å²) in [6.45, 7) is 8.85. The number of methoxy groups -OCH3 is 1. The van der Waals surface area contributed by atoms with E-state index in [0.717, 1.165) is 82.6 Å². The van der Waals surface area contributed by atoms with E-state index in [0.29, 0.717) is 6.54 Å². The van der Waals surface area contributed by atoms with Crippen LogP contribution in [0.5, 0.6) is 5.75 Å². The Labute approximate surface area is 219 Å². The first kappa shape index (κ1) is 25.3. The average Bonchev–Trinajstić information content (AvgIpc) is 2.92. The van der Waals surface area contributed by atoms with Crippen molar-refractivity contribution in [2.45, 2.75) is 25.4 Å². The lowest BCUT2D eigenvalue weighted by Crippen LogP contribution is -2.61. The van der Waals surface area contributed by atoms with Crippen LogP contribution in [-0.4, -0.2) is 87.9 Å². The summed E-state index contributed by atoms with van der Waals surface area (Å²) >= 11 is 6.09. The van der Waals surface area contributed by atoms with Gasteiger partial charge in [-0.1, -0.05) is 29.8 Å². The molecule has 0 bridgehead atoms. The maximum Gasteiger partial charge on any atom is 0.225 e. The lowest BCUT2D eigenvalue weighted by Gasteiger charge is -2.49. The Hall–Kier alpha value is -2.32. The summed E-state index contributed by atoms with van der Waals surface area (Å²) in [4.78, 5) is 20.8. The molecule has 3 aliphatic rings. The van der Waals surface area contributed by atoms with Crippen molar-refractivity contribution in [3.05, 3.63) is 58.6 Å². The van der Waals surface area contributed by atoms with E-state index in [1.807, 2.05) is 18.2 Å². The molecule has 2 saturated heterocycles. The van der Waals surface area contributed by atoms with Gasteiger partial charge in [-0.2, -0.15) is 0 Å². The Balaban J connectivity index is 1.27. The predicted molar refractivity (Wildman–Crippen MR) is 143 cm³/mol. The minimum atomic E-state index is -0.0812. The van der Waals surface area contributed by atoms with Gasteiger partial charge in [-0.3, -0.25) is 14.6 Å². The Bertz CT molecular complexity index is 1030. The molecule has 0 aliphatic carbocycles. The van der Waals surface area contributed by atoms with Gasteiger partial charge in [0.05, 0.1) is 32.3 Å². The summed E-state index contributed by atoms with van der Waals surface area (Å²) in [6.07, 6.45) is 1.72. The number of rotatable bonds is 8. The molecular formula is C28H37ClN4O3. The highest BCUT2D eigenvalue weighted by Gasteiger charge is 2.41. The number of morpholine rings is 1. The van der Waals surface area contributed by atoms with Gasteiger partial charge in [0.15, 0.2) is 0 Å². The Kier molecular flexibility index (Phi) is 8.32. The molecule has 2 unspecified atom stereocenters. The third-order valence-electron chi connectivity index (χ3n) is 7.72. The molecule has 0 spiro atoms. The van der Waals surface area contributed by atoms with Gasteiger partial charge in [-0.25, -0.2) is 0 Å². The fourth-order valence-corrected chi connectivity index (χ4v) is 5.85. The van der Waals surface area contributed by atoms with Gasteiger partial charge in [-0.05, 0) is 48.7 Å². The Morgan fingerprint density at radius 3 is 2.67 bits per heavy atom. The smallest absolute Gasteiger partial charge is 0.225 e. The quantitative estimate of drug-likeness (QED) is 0.549.